The highest BCUT2D eigenvalue weighted by Gasteiger charge is 2.15. The second-order valence-electron chi connectivity index (χ2n) is 6.73. The Labute approximate surface area is 192 Å². The highest BCUT2D eigenvalue weighted by atomic mass is 32.1. The normalized spacial score (nSPS) is 12.2. The minimum atomic E-state index is -2.93. The average molecular weight is 467 g/mol. The fourth-order valence-electron chi connectivity index (χ4n) is 2.96. The van der Waals surface area contributed by atoms with Crippen molar-refractivity contribution in [3.05, 3.63) is 97.9 Å². The zero-order chi connectivity index (χ0) is 23.8. The molecule has 1 amide bonds. The Morgan fingerprint density at radius 1 is 1.21 bits per heavy atom. The Morgan fingerprint density at radius 2 is 1.91 bits per heavy atom. The largest absolute Gasteiger partial charge is 0.435 e. The van der Waals surface area contributed by atoms with Gasteiger partial charge in [-0.3, -0.25) is 14.2 Å². The third-order valence-electron chi connectivity index (χ3n) is 4.45. The summed E-state index contributed by atoms with van der Waals surface area (Å²) in [7, 11) is 0. The maximum atomic E-state index is 13.2. The second-order valence-corrected chi connectivity index (χ2v) is 7.76. The van der Waals surface area contributed by atoms with Gasteiger partial charge in [-0.1, -0.05) is 48.5 Å². The van der Waals surface area contributed by atoms with Crippen molar-refractivity contribution in [1.82, 2.24) is 9.88 Å². The molecule has 3 aromatic rings. The van der Waals surface area contributed by atoms with Gasteiger partial charge in [0.15, 0.2) is 5.57 Å². The van der Waals surface area contributed by atoms with E-state index in [1.165, 1.54) is 34.9 Å². The summed E-state index contributed by atoms with van der Waals surface area (Å²) in [6.45, 7) is 0.941. The van der Waals surface area contributed by atoms with Crippen LogP contribution in [-0.4, -0.2) is 23.6 Å². The van der Waals surface area contributed by atoms with E-state index in [0.29, 0.717) is 5.56 Å². The van der Waals surface area contributed by atoms with Crippen LogP contribution >= 0.6 is 11.3 Å². The molecule has 0 saturated heterocycles. The summed E-state index contributed by atoms with van der Waals surface area (Å²) < 4.78 is 30.9. The molecule has 3 rings (SSSR count). The number of alkyl halides is 2. The zero-order valence-electron chi connectivity index (χ0n) is 17.3. The molecule has 0 aliphatic rings. The number of rotatable bonds is 8. The van der Waals surface area contributed by atoms with Gasteiger partial charge in [0, 0.05) is 6.54 Å². The number of nitrogens with zero attached hydrogens (tertiary/aromatic N) is 2. The lowest BCUT2D eigenvalue weighted by molar-refractivity contribution is -0.115. The standard InChI is InChI=1S/C24H19F2N3O3S/c1-2-12-28-21(30)19(14-27)23-29(15-17-6-4-3-5-7-17)22(31)20(33-23)13-16-8-10-18(11-9-16)32-24(25)26/h2-11,13,24H,1,12,15H2,(H,28,30)/b20-13+,23-19-. The van der Waals surface area contributed by atoms with Gasteiger partial charge in [0.1, 0.15) is 16.5 Å². The Kier molecular flexibility index (Phi) is 7.89. The average Bonchev–Trinajstić information content (AvgIpc) is 3.09. The molecule has 168 valence electrons. The smallest absolute Gasteiger partial charge is 0.387 e. The molecular weight excluding hydrogens is 448 g/mol. The van der Waals surface area contributed by atoms with Crippen molar-refractivity contribution in [1.29, 1.82) is 5.26 Å². The van der Waals surface area contributed by atoms with Gasteiger partial charge >= 0.3 is 6.61 Å². The van der Waals surface area contributed by atoms with Crippen molar-refractivity contribution in [2.75, 3.05) is 6.54 Å². The monoisotopic (exact) mass is 467 g/mol. The van der Waals surface area contributed by atoms with Gasteiger partial charge in [-0.25, -0.2) is 0 Å². The predicted octanol–water partition coefficient (Wildman–Crippen LogP) is 2.36. The quantitative estimate of drug-likeness (QED) is 0.516. The van der Waals surface area contributed by atoms with E-state index in [1.807, 2.05) is 36.4 Å². The van der Waals surface area contributed by atoms with E-state index in [0.717, 1.165) is 16.9 Å². The van der Waals surface area contributed by atoms with Gasteiger partial charge in [-0.2, -0.15) is 14.0 Å². The minimum Gasteiger partial charge on any atom is -0.435 e. The van der Waals surface area contributed by atoms with Crippen molar-refractivity contribution >= 4 is 28.9 Å². The first-order valence-electron chi connectivity index (χ1n) is 9.76. The lowest BCUT2D eigenvalue weighted by atomic mass is 10.2. The molecule has 0 saturated carbocycles. The highest BCUT2D eigenvalue weighted by Crippen LogP contribution is 2.15. The van der Waals surface area contributed by atoms with Crippen LogP contribution in [0.1, 0.15) is 11.1 Å². The van der Waals surface area contributed by atoms with Crippen molar-refractivity contribution in [3.63, 3.8) is 0 Å². The van der Waals surface area contributed by atoms with E-state index in [4.69, 9.17) is 0 Å². The number of nitrogens with one attached hydrogen (secondary N) is 1. The van der Waals surface area contributed by atoms with Gasteiger partial charge < -0.3 is 10.1 Å². The third-order valence-corrected chi connectivity index (χ3v) is 5.58. The van der Waals surface area contributed by atoms with Crippen LogP contribution in [0.25, 0.3) is 11.6 Å². The van der Waals surface area contributed by atoms with Gasteiger partial charge in [0.05, 0.1) is 11.1 Å². The summed E-state index contributed by atoms with van der Waals surface area (Å²) in [4.78, 5) is 25.7. The Morgan fingerprint density at radius 3 is 2.52 bits per heavy atom. The van der Waals surface area contributed by atoms with Crippen LogP contribution in [0.15, 0.2) is 72.0 Å². The molecule has 0 spiro atoms. The zero-order valence-corrected chi connectivity index (χ0v) is 18.1. The number of benzene rings is 2. The topological polar surface area (TPSA) is 84.1 Å². The number of aromatic nitrogens is 1. The molecule has 0 fully saturated rings. The first-order valence-corrected chi connectivity index (χ1v) is 10.6. The summed E-state index contributed by atoms with van der Waals surface area (Å²) >= 11 is 1.01. The highest BCUT2D eigenvalue weighted by molar-refractivity contribution is 7.07. The molecule has 0 bridgehead atoms. The number of carbonyl (C=O) groups is 1. The molecule has 9 heteroatoms. The third kappa shape index (κ3) is 6.02. The van der Waals surface area contributed by atoms with Crippen LogP contribution in [0.2, 0.25) is 0 Å². The molecule has 33 heavy (non-hydrogen) atoms. The number of nitriles is 1. The van der Waals surface area contributed by atoms with E-state index in [2.05, 4.69) is 16.6 Å². The van der Waals surface area contributed by atoms with Crippen LogP contribution in [0.5, 0.6) is 5.75 Å². The number of thiazole rings is 1. The van der Waals surface area contributed by atoms with Gasteiger partial charge in [0.25, 0.3) is 11.5 Å². The lowest BCUT2D eigenvalue weighted by Gasteiger charge is -2.04. The van der Waals surface area contributed by atoms with Gasteiger partial charge in [-0.15, -0.1) is 17.9 Å². The van der Waals surface area contributed by atoms with E-state index in [-0.39, 0.29) is 39.2 Å². The molecule has 2 aromatic carbocycles. The van der Waals surface area contributed by atoms with E-state index in [1.54, 1.807) is 6.08 Å². The molecular formula is C24H19F2N3O3S. The van der Waals surface area contributed by atoms with E-state index >= 15 is 0 Å². The SMILES string of the molecule is C=CCNC(=O)/C(C#N)=c1\s/c(=C/c2ccc(OC(F)F)cc2)c(=O)n1Cc1ccccc1. The van der Waals surface area contributed by atoms with Crippen molar-refractivity contribution in [2.45, 2.75) is 13.2 Å². The maximum Gasteiger partial charge on any atom is 0.387 e. The van der Waals surface area contributed by atoms with Crippen LogP contribution in [0, 0.1) is 11.3 Å². The molecule has 1 N–H and O–H groups in total. The number of amides is 1. The van der Waals surface area contributed by atoms with Crippen molar-refractivity contribution in [2.24, 2.45) is 0 Å². The maximum absolute atomic E-state index is 13.2. The number of hydrogen-bond donors (Lipinski definition) is 1. The molecule has 0 aliphatic carbocycles. The summed E-state index contributed by atoms with van der Waals surface area (Å²) in [6, 6.07) is 16.9. The number of carbonyl (C=O) groups excluding carboxylic acids is 1. The Hall–Kier alpha value is -4.03. The fraction of sp³-hybridized carbons (Fsp3) is 0.125. The summed E-state index contributed by atoms with van der Waals surface area (Å²) in [5.74, 6) is -0.616. The fourth-order valence-corrected chi connectivity index (χ4v) is 4.06. The second kappa shape index (κ2) is 11.0. The Bertz CT molecular complexity index is 1360. The molecule has 0 radical (unpaired) electrons. The minimum absolute atomic E-state index is 0.00510. The molecule has 0 atom stereocenters. The van der Waals surface area contributed by atoms with Crippen LogP contribution in [0.3, 0.4) is 0 Å². The van der Waals surface area contributed by atoms with E-state index in [9.17, 15) is 23.6 Å². The van der Waals surface area contributed by atoms with Gasteiger partial charge in [-0.05, 0) is 29.3 Å². The van der Waals surface area contributed by atoms with Crippen molar-refractivity contribution in [3.8, 4) is 11.8 Å². The summed E-state index contributed by atoms with van der Waals surface area (Å²) in [5, 5.41) is 12.2. The molecule has 6 nitrogen and oxygen atoms in total. The molecule has 0 unspecified atom stereocenters. The van der Waals surface area contributed by atoms with Gasteiger partial charge in [0.2, 0.25) is 0 Å². The predicted molar refractivity (Wildman–Crippen MR) is 122 cm³/mol. The molecule has 1 heterocycles. The van der Waals surface area contributed by atoms with E-state index < -0.39 is 12.5 Å². The Balaban J connectivity index is 2.15. The molecule has 0 aliphatic heterocycles. The number of hydrogen-bond acceptors (Lipinski definition) is 5. The summed E-state index contributed by atoms with van der Waals surface area (Å²) in [5.41, 5.74) is 0.830. The number of ether oxygens (including phenoxy) is 1. The molecule has 1 aromatic heterocycles. The summed E-state index contributed by atoms with van der Waals surface area (Å²) in [6.07, 6.45) is 3.06. The number of halogens is 2. The first-order chi connectivity index (χ1) is 15.9. The lowest BCUT2D eigenvalue weighted by Crippen LogP contribution is -2.35. The van der Waals surface area contributed by atoms with Crippen LogP contribution < -0.4 is 24.8 Å². The van der Waals surface area contributed by atoms with Crippen LogP contribution in [0.4, 0.5) is 8.78 Å². The first kappa shape index (κ1) is 23.6. The van der Waals surface area contributed by atoms with Crippen molar-refractivity contribution < 1.29 is 18.3 Å². The van der Waals surface area contributed by atoms with Crippen LogP contribution in [-0.2, 0) is 11.3 Å².